The first kappa shape index (κ1) is 17.5. The summed E-state index contributed by atoms with van der Waals surface area (Å²) in [6.07, 6.45) is 0.744. The number of nitrogens with one attached hydrogen (secondary N) is 1. The monoisotopic (exact) mass is 293 g/mol. The van der Waals surface area contributed by atoms with Gasteiger partial charge in [-0.3, -0.25) is 10.1 Å². The van der Waals surface area contributed by atoms with E-state index in [9.17, 15) is 4.79 Å². The van der Waals surface area contributed by atoms with Crippen LogP contribution in [0, 0.1) is 5.92 Å². The van der Waals surface area contributed by atoms with Crippen LogP contribution in [0.1, 0.15) is 45.7 Å². The van der Waals surface area contributed by atoms with Gasteiger partial charge in [0.05, 0.1) is 13.7 Å². The minimum absolute atomic E-state index is 0.00981. The molecule has 2 unspecified atom stereocenters. The van der Waals surface area contributed by atoms with Gasteiger partial charge in [0.15, 0.2) is 0 Å². The van der Waals surface area contributed by atoms with Crippen molar-refractivity contribution >= 4 is 5.97 Å². The zero-order valence-corrected chi connectivity index (χ0v) is 13.7. The van der Waals surface area contributed by atoms with Crippen LogP contribution in [0.4, 0.5) is 0 Å². The predicted molar refractivity (Wildman–Crippen MR) is 84.4 cm³/mol. The van der Waals surface area contributed by atoms with Gasteiger partial charge in [-0.2, -0.15) is 0 Å². The van der Waals surface area contributed by atoms with Crippen LogP contribution in [0.2, 0.25) is 0 Å². The van der Waals surface area contributed by atoms with Gasteiger partial charge in [0, 0.05) is 11.6 Å². The van der Waals surface area contributed by atoms with Gasteiger partial charge in [-0.15, -0.1) is 0 Å². The number of hydrogen-bond acceptors (Lipinski definition) is 4. The zero-order chi connectivity index (χ0) is 15.8. The van der Waals surface area contributed by atoms with E-state index < -0.39 is 0 Å². The van der Waals surface area contributed by atoms with Crippen molar-refractivity contribution < 1.29 is 14.3 Å². The second-order valence-electron chi connectivity index (χ2n) is 5.56. The van der Waals surface area contributed by atoms with Crippen LogP contribution in [0.3, 0.4) is 0 Å². The molecule has 0 aromatic heterocycles. The standard InChI is InChI=1S/C17H27NO3/c1-6-21-16-10-8-7-9-14(16)13(4)18-15(11-12(2)3)17(19)20-5/h7-10,12-13,15,18H,6,11H2,1-5H3. The van der Waals surface area contributed by atoms with Crippen molar-refractivity contribution in [2.24, 2.45) is 5.92 Å². The van der Waals surface area contributed by atoms with Crippen LogP contribution >= 0.6 is 0 Å². The Morgan fingerprint density at radius 3 is 2.48 bits per heavy atom. The number of benzene rings is 1. The summed E-state index contributed by atoms with van der Waals surface area (Å²) in [7, 11) is 1.43. The molecular formula is C17H27NO3. The number of esters is 1. The lowest BCUT2D eigenvalue weighted by Crippen LogP contribution is -2.40. The van der Waals surface area contributed by atoms with E-state index in [2.05, 4.69) is 19.2 Å². The van der Waals surface area contributed by atoms with Gasteiger partial charge in [0.25, 0.3) is 0 Å². The minimum Gasteiger partial charge on any atom is -0.494 e. The molecule has 0 radical (unpaired) electrons. The van der Waals surface area contributed by atoms with E-state index >= 15 is 0 Å². The van der Waals surface area contributed by atoms with Gasteiger partial charge >= 0.3 is 5.97 Å². The summed E-state index contributed by atoms with van der Waals surface area (Å²) >= 11 is 0. The molecule has 1 rings (SSSR count). The summed E-state index contributed by atoms with van der Waals surface area (Å²) in [6.45, 7) is 8.81. The molecule has 4 nitrogen and oxygen atoms in total. The number of carbonyl (C=O) groups excluding carboxylic acids is 1. The second-order valence-corrected chi connectivity index (χ2v) is 5.56. The fraction of sp³-hybridized carbons (Fsp3) is 0.588. The average Bonchev–Trinajstić information content (AvgIpc) is 2.46. The summed E-state index contributed by atoms with van der Waals surface area (Å²) in [5.74, 6) is 1.05. The fourth-order valence-corrected chi connectivity index (χ4v) is 2.36. The Morgan fingerprint density at radius 1 is 1.24 bits per heavy atom. The predicted octanol–water partition coefficient (Wildman–Crippen LogP) is 3.32. The summed E-state index contributed by atoms with van der Waals surface area (Å²) in [5, 5.41) is 3.36. The van der Waals surface area contributed by atoms with Gasteiger partial charge in [0.2, 0.25) is 0 Å². The topological polar surface area (TPSA) is 47.6 Å². The molecule has 118 valence electrons. The van der Waals surface area contributed by atoms with Crippen LogP contribution in [0.5, 0.6) is 5.75 Å². The molecule has 4 heteroatoms. The minimum atomic E-state index is -0.306. The van der Waals surface area contributed by atoms with E-state index in [1.54, 1.807) is 0 Å². The number of carbonyl (C=O) groups is 1. The molecule has 1 aromatic rings. The second kappa shape index (κ2) is 8.67. The highest BCUT2D eigenvalue weighted by Gasteiger charge is 2.23. The maximum Gasteiger partial charge on any atom is 0.322 e. The van der Waals surface area contributed by atoms with Gasteiger partial charge in [-0.25, -0.2) is 0 Å². The molecule has 21 heavy (non-hydrogen) atoms. The van der Waals surface area contributed by atoms with Crippen molar-refractivity contribution in [3.8, 4) is 5.75 Å². The fourth-order valence-electron chi connectivity index (χ4n) is 2.36. The molecular weight excluding hydrogens is 266 g/mol. The van der Waals surface area contributed by atoms with Gasteiger partial charge in [-0.05, 0) is 32.3 Å². The first-order chi connectivity index (χ1) is 9.99. The van der Waals surface area contributed by atoms with Crippen molar-refractivity contribution in [2.75, 3.05) is 13.7 Å². The molecule has 2 atom stereocenters. The third-order valence-corrected chi connectivity index (χ3v) is 3.33. The Morgan fingerprint density at radius 2 is 1.90 bits per heavy atom. The van der Waals surface area contributed by atoms with Crippen LogP contribution in [-0.2, 0) is 9.53 Å². The van der Waals surface area contributed by atoms with Crippen molar-refractivity contribution in [1.29, 1.82) is 0 Å². The molecule has 0 spiro atoms. The molecule has 0 aliphatic carbocycles. The largest absolute Gasteiger partial charge is 0.494 e. The van der Waals surface area contributed by atoms with Crippen molar-refractivity contribution in [2.45, 2.75) is 46.2 Å². The SMILES string of the molecule is CCOc1ccccc1C(C)NC(CC(C)C)C(=O)OC. The van der Waals surface area contributed by atoms with Gasteiger partial charge < -0.3 is 9.47 Å². The highest BCUT2D eigenvalue weighted by Crippen LogP contribution is 2.25. The number of para-hydroxylation sites is 1. The van der Waals surface area contributed by atoms with Gasteiger partial charge in [0.1, 0.15) is 11.8 Å². The third kappa shape index (κ3) is 5.38. The lowest BCUT2D eigenvalue weighted by Gasteiger charge is -2.24. The Hall–Kier alpha value is -1.55. The molecule has 1 N–H and O–H groups in total. The first-order valence-electron chi connectivity index (χ1n) is 7.55. The molecule has 0 bridgehead atoms. The van der Waals surface area contributed by atoms with Crippen molar-refractivity contribution in [1.82, 2.24) is 5.32 Å². The van der Waals surface area contributed by atoms with Crippen LogP contribution < -0.4 is 10.1 Å². The molecule has 0 amide bonds. The van der Waals surface area contributed by atoms with Crippen molar-refractivity contribution in [3.63, 3.8) is 0 Å². The molecule has 0 saturated carbocycles. The Bertz CT molecular complexity index is 445. The maximum absolute atomic E-state index is 11.9. The lowest BCUT2D eigenvalue weighted by atomic mass is 10.0. The molecule has 0 heterocycles. The Labute approximate surface area is 127 Å². The van der Waals surface area contributed by atoms with E-state index in [4.69, 9.17) is 9.47 Å². The quantitative estimate of drug-likeness (QED) is 0.747. The van der Waals surface area contributed by atoms with Crippen LogP contribution in [-0.4, -0.2) is 25.7 Å². The molecule has 0 fully saturated rings. The van der Waals surface area contributed by atoms with E-state index in [0.29, 0.717) is 12.5 Å². The number of hydrogen-bond donors (Lipinski definition) is 1. The Kier molecular flexibility index (Phi) is 7.23. The van der Waals surface area contributed by atoms with E-state index in [-0.39, 0.29) is 18.1 Å². The molecule has 1 aromatic carbocycles. The first-order valence-corrected chi connectivity index (χ1v) is 7.55. The van der Waals surface area contributed by atoms with E-state index in [1.165, 1.54) is 7.11 Å². The lowest BCUT2D eigenvalue weighted by molar-refractivity contribution is -0.143. The van der Waals surface area contributed by atoms with Crippen LogP contribution in [0.25, 0.3) is 0 Å². The van der Waals surface area contributed by atoms with E-state index in [0.717, 1.165) is 17.7 Å². The average molecular weight is 293 g/mol. The zero-order valence-electron chi connectivity index (χ0n) is 13.7. The third-order valence-electron chi connectivity index (χ3n) is 3.33. The summed E-state index contributed by atoms with van der Waals surface area (Å²) in [4.78, 5) is 11.9. The number of methoxy groups -OCH3 is 1. The number of ether oxygens (including phenoxy) is 2. The van der Waals surface area contributed by atoms with Gasteiger partial charge in [-0.1, -0.05) is 32.0 Å². The summed E-state index contributed by atoms with van der Waals surface area (Å²) in [5.41, 5.74) is 1.05. The number of rotatable bonds is 8. The molecule has 0 saturated heterocycles. The molecule has 0 aliphatic heterocycles. The summed E-state index contributed by atoms with van der Waals surface area (Å²) < 4.78 is 10.5. The summed E-state index contributed by atoms with van der Waals surface area (Å²) in [6, 6.07) is 7.60. The normalized spacial score (nSPS) is 13.8. The van der Waals surface area contributed by atoms with Crippen LogP contribution in [0.15, 0.2) is 24.3 Å². The smallest absolute Gasteiger partial charge is 0.322 e. The molecule has 0 aliphatic rings. The highest BCUT2D eigenvalue weighted by atomic mass is 16.5. The highest BCUT2D eigenvalue weighted by molar-refractivity contribution is 5.75. The van der Waals surface area contributed by atoms with Crippen molar-refractivity contribution in [3.05, 3.63) is 29.8 Å². The van der Waals surface area contributed by atoms with E-state index in [1.807, 2.05) is 38.1 Å². The maximum atomic E-state index is 11.9. The Balaban J connectivity index is 2.86.